The molecule has 0 radical (unpaired) electrons. The predicted octanol–water partition coefficient (Wildman–Crippen LogP) is 1.94. The van der Waals surface area contributed by atoms with Gasteiger partial charge in [0.15, 0.2) is 0 Å². The molecule has 1 heterocycles. The smallest absolute Gasteiger partial charge is 0.0928 e. The van der Waals surface area contributed by atoms with Crippen molar-refractivity contribution < 1.29 is 5.11 Å². The average Bonchev–Trinajstić information content (AvgIpc) is 2.43. The van der Waals surface area contributed by atoms with Crippen LogP contribution >= 0.6 is 11.3 Å². The molecule has 0 amide bonds. The summed E-state index contributed by atoms with van der Waals surface area (Å²) in [5.41, 5.74) is 1.14. The zero-order valence-electron chi connectivity index (χ0n) is 7.63. The first kappa shape index (κ1) is 9.68. The van der Waals surface area contributed by atoms with Crippen molar-refractivity contribution in [2.24, 2.45) is 0 Å². The number of hydrogen-bond donors (Lipinski definition) is 1. The molecule has 0 saturated carbocycles. The fraction of sp³-hybridized carbons (Fsp3) is 0.667. The molecule has 1 aromatic heterocycles. The summed E-state index contributed by atoms with van der Waals surface area (Å²) < 4.78 is 0. The van der Waals surface area contributed by atoms with Gasteiger partial charge in [-0.05, 0) is 26.2 Å². The molecule has 0 bridgehead atoms. The van der Waals surface area contributed by atoms with Crippen molar-refractivity contribution in [2.45, 2.75) is 33.1 Å². The van der Waals surface area contributed by atoms with Crippen LogP contribution in [0.2, 0.25) is 0 Å². The number of thiazole rings is 1. The molecule has 0 aromatic carbocycles. The van der Waals surface area contributed by atoms with Crippen molar-refractivity contribution in [1.82, 2.24) is 4.98 Å². The minimum Gasteiger partial charge on any atom is -0.396 e. The van der Waals surface area contributed by atoms with Gasteiger partial charge in [0.1, 0.15) is 0 Å². The van der Waals surface area contributed by atoms with Crippen molar-refractivity contribution in [3.63, 3.8) is 0 Å². The molecule has 68 valence electrons. The van der Waals surface area contributed by atoms with Crippen molar-refractivity contribution in [3.8, 4) is 0 Å². The van der Waals surface area contributed by atoms with E-state index >= 15 is 0 Å². The van der Waals surface area contributed by atoms with E-state index in [0.717, 1.165) is 25.0 Å². The molecule has 0 atom stereocenters. The zero-order valence-corrected chi connectivity index (χ0v) is 8.45. The van der Waals surface area contributed by atoms with Gasteiger partial charge in [0.25, 0.3) is 0 Å². The lowest BCUT2D eigenvalue weighted by molar-refractivity contribution is 0.289. The standard InChI is InChI=1S/C9H15NOS/c1-3-9-10-7(2)8(12-9)5-4-6-11/h11H,3-6H2,1-2H3. The Labute approximate surface area is 77.3 Å². The molecule has 0 saturated heterocycles. The number of nitrogens with zero attached hydrogens (tertiary/aromatic N) is 1. The first-order chi connectivity index (χ1) is 5.77. The maximum atomic E-state index is 8.67. The summed E-state index contributed by atoms with van der Waals surface area (Å²) in [7, 11) is 0. The molecule has 0 aliphatic heterocycles. The van der Waals surface area contributed by atoms with Gasteiger partial charge in [-0.2, -0.15) is 0 Å². The highest BCUT2D eigenvalue weighted by molar-refractivity contribution is 7.11. The average molecular weight is 185 g/mol. The van der Waals surface area contributed by atoms with Crippen LogP contribution in [-0.4, -0.2) is 16.7 Å². The highest BCUT2D eigenvalue weighted by Gasteiger charge is 2.04. The summed E-state index contributed by atoms with van der Waals surface area (Å²) in [5, 5.41) is 9.88. The zero-order chi connectivity index (χ0) is 8.97. The van der Waals surface area contributed by atoms with E-state index in [-0.39, 0.29) is 6.61 Å². The number of rotatable bonds is 4. The van der Waals surface area contributed by atoms with Crippen molar-refractivity contribution in [2.75, 3.05) is 6.61 Å². The SMILES string of the molecule is CCc1nc(C)c(CCCO)s1. The van der Waals surface area contributed by atoms with Gasteiger partial charge in [-0.1, -0.05) is 6.92 Å². The van der Waals surface area contributed by atoms with E-state index < -0.39 is 0 Å². The van der Waals surface area contributed by atoms with Gasteiger partial charge in [0.05, 0.1) is 10.7 Å². The summed E-state index contributed by atoms with van der Waals surface area (Å²) in [6.45, 7) is 4.44. The van der Waals surface area contributed by atoms with E-state index in [0.29, 0.717) is 0 Å². The normalized spacial score (nSPS) is 10.6. The largest absolute Gasteiger partial charge is 0.396 e. The number of aliphatic hydroxyl groups excluding tert-OH is 1. The van der Waals surface area contributed by atoms with Gasteiger partial charge < -0.3 is 5.11 Å². The molecule has 1 aromatic rings. The van der Waals surface area contributed by atoms with Gasteiger partial charge >= 0.3 is 0 Å². The van der Waals surface area contributed by atoms with Gasteiger partial charge in [-0.15, -0.1) is 11.3 Å². The van der Waals surface area contributed by atoms with Crippen LogP contribution in [0.15, 0.2) is 0 Å². The fourth-order valence-corrected chi connectivity index (χ4v) is 2.16. The Morgan fingerprint density at radius 2 is 2.25 bits per heavy atom. The molecule has 1 rings (SSSR count). The van der Waals surface area contributed by atoms with Crippen LogP contribution in [0.1, 0.15) is 28.9 Å². The summed E-state index contributed by atoms with van der Waals surface area (Å²) >= 11 is 1.78. The lowest BCUT2D eigenvalue weighted by Crippen LogP contribution is -1.88. The summed E-state index contributed by atoms with van der Waals surface area (Å²) in [4.78, 5) is 5.75. The molecule has 2 nitrogen and oxygen atoms in total. The van der Waals surface area contributed by atoms with Crippen LogP contribution < -0.4 is 0 Å². The van der Waals surface area contributed by atoms with Crippen molar-refractivity contribution >= 4 is 11.3 Å². The van der Waals surface area contributed by atoms with Crippen LogP contribution in [0, 0.1) is 6.92 Å². The molecule has 3 heteroatoms. The molecular weight excluding hydrogens is 170 g/mol. The number of aromatic nitrogens is 1. The molecule has 0 aliphatic carbocycles. The Bertz CT molecular complexity index is 245. The first-order valence-electron chi connectivity index (χ1n) is 4.34. The van der Waals surface area contributed by atoms with E-state index in [4.69, 9.17) is 5.11 Å². The molecule has 1 N–H and O–H groups in total. The third kappa shape index (κ3) is 2.29. The van der Waals surface area contributed by atoms with E-state index in [2.05, 4.69) is 11.9 Å². The van der Waals surface area contributed by atoms with Crippen LogP contribution in [0.3, 0.4) is 0 Å². The maximum Gasteiger partial charge on any atom is 0.0928 e. The van der Waals surface area contributed by atoms with Crippen molar-refractivity contribution in [1.29, 1.82) is 0 Å². The highest BCUT2D eigenvalue weighted by Crippen LogP contribution is 2.19. The van der Waals surface area contributed by atoms with Crippen LogP contribution in [0.5, 0.6) is 0 Å². The molecule has 0 fully saturated rings. The Morgan fingerprint density at radius 1 is 1.50 bits per heavy atom. The Kier molecular flexibility index (Phi) is 3.69. The summed E-state index contributed by atoms with van der Waals surface area (Å²) in [6, 6.07) is 0. The second kappa shape index (κ2) is 4.58. The predicted molar refractivity (Wildman–Crippen MR) is 51.6 cm³/mol. The van der Waals surface area contributed by atoms with E-state index in [1.807, 2.05) is 6.92 Å². The third-order valence-electron chi connectivity index (χ3n) is 1.80. The minimum atomic E-state index is 0.277. The number of hydrogen-bond acceptors (Lipinski definition) is 3. The van der Waals surface area contributed by atoms with Gasteiger partial charge in [-0.25, -0.2) is 4.98 Å². The molecule has 0 unspecified atom stereocenters. The lowest BCUT2D eigenvalue weighted by Gasteiger charge is -1.93. The Hall–Kier alpha value is -0.410. The number of aryl methyl sites for hydroxylation is 3. The molecule has 0 aliphatic rings. The second-order valence-electron chi connectivity index (χ2n) is 2.80. The summed E-state index contributed by atoms with van der Waals surface area (Å²) in [5.74, 6) is 0. The Morgan fingerprint density at radius 3 is 2.75 bits per heavy atom. The monoisotopic (exact) mass is 185 g/mol. The van der Waals surface area contributed by atoms with Gasteiger partial charge in [0, 0.05) is 11.5 Å². The first-order valence-corrected chi connectivity index (χ1v) is 5.15. The maximum absolute atomic E-state index is 8.67. The third-order valence-corrected chi connectivity index (χ3v) is 3.16. The van der Waals surface area contributed by atoms with Crippen LogP contribution in [0.25, 0.3) is 0 Å². The molecule has 0 spiro atoms. The fourth-order valence-electron chi connectivity index (χ4n) is 1.11. The van der Waals surface area contributed by atoms with Gasteiger partial charge in [-0.3, -0.25) is 0 Å². The van der Waals surface area contributed by atoms with E-state index in [1.165, 1.54) is 9.88 Å². The van der Waals surface area contributed by atoms with Gasteiger partial charge in [0.2, 0.25) is 0 Å². The van der Waals surface area contributed by atoms with Crippen LogP contribution in [-0.2, 0) is 12.8 Å². The van der Waals surface area contributed by atoms with E-state index in [9.17, 15) is 0 Å². The quantitative estimate of drug-likeness (QED) is 0.777. The molecule has 12 heavy (non-hydrogen) atoms. The van der Waals surface area contributed by atoms with Crippen LogP contribution in [0.4, 0.5) is 0 Å². The Balaban J connectivity index is 2.64. The van der Waals surface area contributed by atoms with E-state index in [1.54, 1.807) is 11.3 Å². The topological polar surface area (TPSA) is 33.1 Å². The molecular formula is C9H15NOS. The van der Waals surface area contributed by atoms with Crippen molar-refractivity contribution in [3.05, 3.63) is 15.6 Å². The summed E-state index contributed by atoms with van der Waals surface area (Å²) in [6.07, 6.45) is 2.84. The highest BCUT2D eigenvalue weighted by atomic mass is 32.1. The number of aliphatic hydroxyl groups is 1. The second-order valence-corrected chi connectivity index (χ2v) is 3.97. The lowest BCUT2D eigenvalue weighted by atomic mass is 10.2. The minimum absolute atomic E-state index is 0.277.